The molecular weight excluding hydrogens is 844 g/mol. The average Bonchev–Trinajstić information content (AvgIpc) is 3.97. The first kappa shape index (κ1) is 44.9. The summed E-state index contributed by atoms with van der Waals surface area (Å²) in [7, 11) is 0. The summed E-state index contributed by atoms with van der Waals surface area (Å²) in [4.78, 5) is 61.0. The minimum absolute atomic E-state index is 0. The second kappa shape index (κ2) is 17.8. The fourth-order valence-electron chi connectivity index (χ4n) is 8.01. The van der Waals surface area contributed by atoms with Gasteiger partial charge in [0, 0.05) is 27.7 Å². The summed E-state index contributed by atoms with van der Waals surface area (Å²) >= 11 is 4.98. The number of amides is 4. The number of rotatable bonds is 12. The second-order valence-electron chi connectivity index (χ2n) is 15.9. The summed E-state index contributed by atoms with van der Waals surface area (Å²) in [5.74, 6) is -0.0279. The first-order valence-corrected chi connectivity index (χ1v) is 21.4. The van der Waals surface area contributed by atoms with Crippen LogP contribution in [-0.2, 0) is 31.8 Å². The molecule has 0 bridgehead atoms. The lowest BCUT2D eigenvalue weighted by Crippen LogP contribution is -2.50. The molecule has 19 heteroatoms. The van der Waals surface area contributed by atoms with Crippen molar-refractivity contribution in [2.45, 2.75) is 99.5 Å². The van der Waals surface area contributed by atoms with Gasteiger partial charge < -0.3 is 15.4 Å². The van der Waals surface area contributed by atoms with Crippen molar-refractivity contribution in [1.82, 2.24) is 20.0 Å². The summed E-state index contributed by atoms with van der Waals surface area (Å²) in [5.41, 5.74) is -0.583. The summed E-state index contributed by atoms with van der Waals surface area (Å²) < 4.78 is 46.4. The predicted octanol–water partition coefficient (Wildman–Crippen LogP) is 7.08. The van der Waals surface area contributed by atoms with E-state index in [1.54, 1.807) is 32.0 Å². The van der Waals surface area contributed by atoms with Crippen molar-refractivity contribution < 1.29 is 37.1 Å². The highest BCUT2D eigenvalue weighted by molar-refractivity contribution is 8.17. The number of piperidine rings is 2. The van der Waals surface area contributed by atoms with Crippen LogP contribution in [0.25, 0.3) is 0 Å². The Morgan fingerprint density at radius 1 is 1.08 bits per heavy atom. The quantitative estimate of drug-likeness (QED) is 0.0936. The number of aromatic nitrogens is 1. The highest BCUT2D eigenvalue weighted by Gasteiger charge is 2.55. The molecule has 3 saturated heterocycles. The number of aryl methyl sites for hydroxylation is 1. The number of hydrogen-bond donors (Lipinski definition) is 5. The van der Waals surface area contributed by atoms with Crippen LogP contribution in [0.5, 0.6) is 5.75 Å². The van der Waals surface area contributed by atoms with Gasteiger partial charge in [0.25, 0.3) is 5.91 Å². The number of alkyl halides is 3. The molecule has 0 radical (unpaired) electrons. The van der Waals surface area contributed by atoms with Gasteiger partial charge in [0.15, 0.2) is 5.69 Å². The van der Waals surface area contributed by atoms with Crippen LogP contribution >= 0.6 is 35.1 Å². The number of thiol groups is 1. The third-order valence-corrected chi connectivity index (χ3v) is 14.3. The van der Waals surface area contributed by atoms with Crippen LogP contribution in [0.15, 0.2) is 53.6 Å². The number of carbonyl (C=O) groups is 4. The largest absolute Gasteiger partial charge is 0.493 e. The minimum atomic E-state index is -4.81. The maximum atomic E-state index is 13.7. The zero-order valence-corrected chi connectivity index (χ0v) is 35.7. The molecule has 4 fully saturated rings. The number of nitriles is 1. The SMILES string of the molecule is CCc1cc([SH]2NN(c3cnc(C#N)c(C(F)(F)F)c3)C(=O)C2(C)C)ccc1OCCC1CCN(C2(C(=O)Nc3cc(Cl)cc(NC4CCC(=O)NC4=O)c3)CC2)CC1.Cl. The molecule has 4 aliphatic rings. The molecule has 2 aromatic carbocycles. The van der Waals surface area contributed by atoms with Crippen molar-refractivity contribution in [1.29, 1.82) is 5.26 Å². The molecular formula is C41H47Cl2F3N8O5S. The maximum Gasteiger partial charge on any atom is 0.419 e. The van der Waals surface area contributed by atoms with Crippen LogP contribution < -0.4 is 30.5 Å². The normalized spacial score (nSPS) is 22.0. The van der Waals surface area contributed by atoms with Crippen molar-refractivity contribution in [2.24, 2.45) is 5.92 Å². The zero-order chi connectivity index (χ0) is 42.3. The van der Waals surface area contributed by atoms with E-state index >= 15 is 0 Å². The second-order valence-corrected chi connectivity index (χ2v) is 18.9. The van der Waals surface area contributed by atoms with Gasteiger partial charge in [-0.1, -0.05) is 18.5 Å². The number of imide groups is 1. The van der Waals surface area contributed by atoms with Crippen LogP contribution in [0.4, 0.5) is 30.2 Å². The van der Waals surface area contributed by atoms with Crippen LogP contribution in [0.2, 0.25) is 5.02 Å². The van der Waals surface area contributed by atoms with Gasteiger partial charge in [-0.3, -0.25) is 29.4 Å². The van der Waals surface area contributed by atoms with E-state index in [0.717, 1.165) is 78.7 Å². The zero-order valence-electron chi connectivity index (χ0n) is 33.2. The van der Waals surface area contributed by atoms with E-state index in [1.807, 2.05) is 25.1 Å². The van der Waals surface area contributed by atoms with E-state index in [0.29, 0.717) is 41.8 Å². The summed E-state index contributed by atoms with van der Waals surface area (Å²) in [6.07, 6.45) is 1.75. The van der Waals surface area contributed by atoms with E-state index in [9.17, 15) is 32.3 Å². The van der Waals surface area contributed by atoms with Crippen molar-refractivity contribution in [3.05, 3.63) is 70.5 Å². The van der Waals surface area contributed by atoms with Gasteiger partial charge in [-0.15, -0.1) is 23.5 Å². The number of pyridine rings is 1. The molecule has 4 heterocycles. The number of nitrogens with zero attached hydrogens (tertiary/aromatic N) is 4. The monoisotopic (exact) mass is 890 g/mol. The van der Waals surface area contributed by atoms with Gasteiger partial charge >= 0.3 is 6.18 Å². The molecule has 13 nitrogen and oxygen atoms in total. The third kappa shape index (κ3) is 9.32. The Kier molecular flexibility index (Phi) is 13.3. The Morgan fingerprint density at radius 3 is 2.45 bits per heavy atom. The molecule has 0 spiro atoms. The molecule has 1 saturated carbocycles. The van der Waals surface area contributed by atoms with Crippen LogP contribution in [0.1, 0.15) is 82.5 Å². The third-order valence-electron chi connectivity index (χ3n) is 11.6. The summed E-state index contributed by atoms with van der Waals surface area (Å²) in [6.45, 7) is 7.59. The van der Waals surface area contributed by atoms with E-state index in [1.165, 1.54) is 6.07 Å². The van der Waals surface area contributed by atoms with E-state index in [4.69, 9.17) is 21.6 Å². The van der Waals surface area contributed by atoms with Crippen LogP contribution in [-0.4, -0.2) is 69.5 Å². The molecule has 7 rings (SSSR count). The molecule has 3 aromatic rings. The molecule has 2 unspecified atom stereocenters. The Labute approximate surface area is 360 Å². The van der Waals surface area contributed by atoms with E-state index in [-0.39, 0.29) is 36.3 Å². The van der Waals surface area contributed by atoms with Gasteiger partial charge in [0.1, 0.15) is 23.4 Å². The van der Waals surface area contributed by atoms with E-state index in [2.05, 4.69) is 30.7 Å². The van der Waals surface area contributed by atoms with E-state index < -0.39 is 56.7 Å². The number of carbonyl (C=O) groups excluding carboxylic acids is 4. The maximum absolute atomic E-state index is 13.7. The molecule has 1 aromatic heterocycles. The van der Waals surface area contributed by atoms with Gasteiger partial charge in [-0.2, -0.15) is 23.3 Å². The molecule has 3 aliphatic heterocycles. The molecule has 4 amide bonds. The minimum Gasteiger partial charge on any atom is -0.493 e. The fraction of sp³-hybridized carbons (Fsp3) is 0.463. The summed E-state index contributed by atoms with van der Waals surface area (Å²) in [5, 5.41) is 19.2. The standard InChI is InChI=1S/C41H46ClF3N8O5S.ClH/c1-4-25-17-30(59-39(2,3)38(57)53(51-59)29-21-31(41(43,44)45)33(22-46)47-23-29)5-7-34(25)58-16-11-24-9-14-52(15-10-24)40(12-13-40)37(56)49-28-19-26(42)18-27(20-28)48-32-6-8-35(54)50-36(32)55;/h5,7,17-21,23-24,32,48,51,59H,4,6,8-16H2,1-3H3,(H,49,56)(H,50,54,55);1H. The number of hydrazine groups is 1. The molecule has 2 atom stereocenters. The van der Waals surface area contributed by atoms with Gasteiger partial charge in [0.05, 0.1) is 28.8 Å². The number of ether oxygens (including phenoxy) is 1. The van der Waals surface area contributed by atoms with Gasteiger partial charge in [0.2, 0.25) is 17.7 Å². The number of likely N-dealkylation sites (tertiary alicyclic amines) is 1. The van der Waals surface area contributed by atoms with Crippen molar-refractivity contribution >= 4 is 75.8 Å². The molecule has 322 valence electrons. The smallest absolute Gasteiger partial charge is 0.419 e. The Morgan fingerprint density at radius 2 is 1.80 bits per heavy atom. The number of nitrogens with one attached hydrogen (secondary N) is 4. The number of halogens is 5. The molecule has 60 heavy (non-hydrogen) atoms. The van der Waals surface area contributed by atoms with Gasteiger partial charge in [-0.05, 0) is 126 Å². The topological polar surface area (TPSA) is 169 Å². The lowest BCUT2D eigenvalue weighted by molar-refractivity contribution is -0.138. The fourth-order valence-corrected chi connectivity index (χ4v) is 10.5. The summed E-state index contributed by atoms with van der Waals surface area (Å²) in [6, 6.07) is 12.5. The first-order chi connectivity index (χ1) is 28.0. The Hall–Kier alpha value is -4.60. The van der Waals surface area contributed by atoms with Gasteiger partial charge in [-0.25, -0.2) is 9.99 Å². The van der Waals surface area contributed by atoms with Crippen molar-refractivity contribution in [3.8, 4) is 11.8 Å². The highest BCUT2D eigenvalue weighted by atomic mass is 35.5. The molecule has 4 N–H and O–H groups in total. The predicted molar refractivity (Wildman–Crippen MR) is 225 cm³/mol. The Balaban J connectivity index is 0.00000604. The highest BCUT2D eigenvalue weighted by Crippen LogP contribution is 2.52. The Bertz CT molecular complexity index is 2210. The van der Waals surface area contributed by atoms with Crippen LogP contribution in [0.3, 0.4) is 0 Å². The lowest BCUT2D eigenvalue weighted by atomic mass is 9.92. The van der Waals surface area contributed by atoms with Crippen LogP contribution in [0, 0.1) is 17.2 Å². The first-order valence-electron chi connectivity index (χ1n) is 19.6. The number of benzene rings is 2. The van der Waals surface area contributed by atoms with Crippen molar-refractivity contribution in [3.63, 3.8) is 0 Å². The average molecular weight is 892 g/mol. The number of hydrogen-bond acceptors (Lipinski definition) is 10. The lowest BCUT2D eigenvalue weighted by Gasteiger charge is -2.37. The molecule has 1 aliphatic carbocycles. The van der Waals surface area contributed by atoms with Crippen molar-refractivity contribution in [2.75, 3.05) is 35.3 Å². The number of anilines is 3.